The maximum atomic E-state index is 12.9. The molecule has 0 aromatic heterocycles. The number of amides is 1. The maximum absolute atomic E-state index is 12.9. The van der Waals surface area contributed by atoms with E-state index in [2.05, 4.69) is 15.9 Å². The van der Waals surface area contributed by atoms with Gasteiger partial charge in [-0.25, -0.2) is 4.39 Å². The number of primary amides is 1. The van der Waals surface area contributed by atoms with Crippen molar-refractivity contribution in [2.45, 2.75) is 0 Å². The SMILES string of the molecule is COc1c(C(N)=O)ccc(F)c1Br. The Hall–Kier alpha value is -1.10. The molecule has 0 aliphatic rings. The number of halogens is 2. The second-order valence-corrected chi connectivity index (χ2v) is 3.10. The quantitative estimate of drug-likeness (QED) is 0.865. The first-order valence-electron chi connectivity index (χ1n) is 3.39. The Morgan fingerprint density at radius 2 is 2.23 bits per heavy atom. The standard InChI is InChI=1S/C8H7BrFNO2/c1-13-7-4(8(11)12)2-3-5(10)6(7)9/h2-3H,1H3,(H2,11,12). The first-order valence-corrected chi connectivity index (χ1v) is 4.19. The van der Waals surface area contributed by atoms with E-state index in [4.69, 9.17) is 10.5 Å². The van der Waals surface area contributed by atoms with E-state index in [0.717, 1.165) is 6.07 Å². The van der Waals surface area contributed by atoms with Crippen LogP contribution >= 0.6 is 15.9 Å². The molecule has 13 heavy (non-hydrogen) atoms. The van der Waals surface area contributed by atoms with Crippen LogP contribution in [-0.2, 0) is 0 Å². The Bertz CT molecular complexity index is 354. The van der Waals surface area contributed by atoms with Crippen LogP contribution in [0, 0.1) is 5.82 Å². The first-order chi connectivity index (χ1) is 6.07. The Balaban J connectivity index is 3.38. The molecule has 0 aliphatic carbocycles. The van der Waals surface area contributed by atoms with Crippen molar-refractivity contribution in [1.82, 2.24) is 0 Å². The van der Waals surface area contributed by atoms with E-state index < -0.39 is 11.7 Å². The summed E-state index contributed by atoms with van der Waals surface area (Å²) in [6.45, 7) is 0. The first kappa shape index (κ1) is 9.98. The molecule has 0 fully saturated rings. The van der Waals surface area contributed by atoms with Crippen molar-refractivity contribution < 1.29 is 13.9 Å². The van der Waals surface area contributed by atoms with Crippen molar-refractivity contribution in [3.63, 3.8) is 0 Å². The highest BCUT2D eigenvalue weighted by atomic mass is 79.9. The lowest BCUT2D eigenvalue weighted by Gasteiger charge is -2.07. The number of hydrogen-bond acceptors (Lipinski definition) is 2. The minimum atomic E-state index is -0.655. The topological polar surface area (TPSA) is 52.3 Å². The predicted octanol–water partition coefficient (Wildman–Crippen LogP) is 1.70. The van der Waals surface area contributed by atoms with Crippen molar-refractivity contribution in [3.05, 3.63) is 28.0 Å². The Labute approximate surface area is 82.8 Å². The van der Waals surface area contributed by atoms with Crippen LogP contribution in [0.2, 0.25) is 0 Å². The van der Waals surface area contributed by atoms with Crippen molar-refractivity contribution in [2.75, 3.05) is 7.11 Å². The van der Waals surface area contributed by atoms with E-state index in [1.165, 1.54) is 13.2 Å². The number of carbonyl (C=O) groups excluding carboxylic acids is 1. The number of carbonyl (C=O) groups is 1. The summed E-state index contributed by atoms with van der Waals surface area (Å²) in [4.78, 5) is 10.8. The van der Waals surface area contributed by atoms with Crippen molar-refractivity contribution >= 4 is 21.8 Å². The molecule has 0 spiro atoms. The van der Waals surface area contributed by atoms with Gasteiger partial charge >= 0.3 is 0 Å². The lowest BCUT2D eigenvalue weighted by atomic mass is 10.2. The zero-order valence-corrected chi connectivity index (χ0v) is 8.39. The van der Waals surface area contributed by atoms with Gasteiger partial charge in [0.2, 0.25) is 0 Å². The Kier molecular flexibility index (Phi) is 2.87. The summed E-state index contributed by atoms with van der Waals surface area (Å²) in [7, 11) is 1.34. The van der Waals surface area contributed by atoms with Crippen LogP contribution in [0.25, 0.3) is 0 Å². The average Bonchev–Trinajstić information content (AvgIpc) is 2.09. The van der Waals surface area contributed by atoms with E-state index in [9.17, 15) is 9.18 Å². The molecule has 1 aromatic rings. The van der Waals surface area contributed by atoms with Gasteiger partial charge in [0.05, 0.1) is 17.1 Å². The molecule has 1 aromatic carbocycles. The van der Waals surface area contributed by atoms with Crippen LogP contribution in [-0.4, -0.2) is 13.0 Å². The lowest BCUT2D eigenvalue weighted by Crippen LogP contribution is -2.12. The molecule has 0 radical (unpaired) electrons. The van der Waals surface area contributed by atoms with Crippen molar-refractivity contribution in [1.29, 1.82) is 0 Å². The molecule has 0 bridgehead atoms. The molecule has 3 nitrogen and oxygen atoms in total. The number of methoxy groups -OCH3 is 1. The zero-order chi connectivity index (χ0) is 10.0. The minimum absolute atomic E-state index is 0.103. The molecule has 0 atom stereocenters. The molecular weight excluding hydrogens is 241 g/mol. The highest BCUT2D eigenvalue weighted by Gasteiger charge is 2.15. The van der Waals surface area contributed by atoms with Gasteiger partial charge in [0.15, 0.2) is 0 Å². The summed E-state index contributed by atoms with van der Waals surface area (Å²) in [6.07, 6.45) is 0. The van der Waals surface area contributed by atoms with Gasteiger partial charge in [-0.05, 0) is 28.1 Å². The second kappa shape index (κ2) is 3.74. The van der Waals surface area contributed by atoms with Crippen LogP contribution in [0.3, 0.4) is 0 Å². The number of benzene rings is 1. The third-order valence-electron chi connectivity index (χ3n) is 1.52. The maximum Gasteiger partial charge on any atom is 0.252 e. The molecule has 1 amide bonds. The summed E-state index contributed by atoms with van der Waals surface area (Å²) >= 11 is 2.95. The van der Waals surface area contributed by atoms with Gasteiger partial charge in [0.1, 0.15) is 11.6 Å². The third kappa shape index (κ3) is 1.80. The molecule has 0 saturated heterocycles. The summed E-state index contributed by atoms with van der Waals surface area (Å²) in [5, 5.41) is 0. The van der Waals surface area contributed by atoms with E-state index in [1.54, 1.807) is 0 Å². The smallest absolute Gasteiger partial charge is 0.252 e. The van der Waals surface area contributed by atoms with Gasteiger partial charge in [-0.15, -0.1) is 0 Å². The van der Waals surface area contributed by atoms with Crippen molar-refractivity contribution in [3.8, 4) is 5.75 Å². The fraction of sp³-hybridized carbons (Fsp3) is 0.125. The summed E-state index contributed by atoms with van der Waals surface area (Å²) in [5.41, 5.74) is 5.20. The second-order valence-electron chi connectivity index (χ2n) is 2.31. The van der Waals surface area contributed by atoms with Gasteiger partial charge in [-0.1, -0.05) is 0 Å². The van der Waals surface area contributed by atoms with Crippen molar-refractivity contribution in [2.24, 2.45) is 5.73 Å². The van der Waals surface area contributed by atoms with E-state index in [1.807, 2.05) is 0 Å². The molecule has 2 N–H and O–H groups in total. The molecule has 5 heteroatoms. The van der Waals surface area contributed by atoms with Gasteiger partial charge in [0.25, 0.3) is 5.91 Å². The number of ether oxygens (including phenoxy) is 1. The van der Waals surface area contributed by atoms with Gasteiger partial charge < -0.3 is 10.5 Å². The van der Waals surface area contributed by atoms with Crippen LogP contribution in [0.15, 0.2) is 16.6 Å². The zero-order valence-electron chi connectivity index (χ0n) is 6.80. The fourth-order valence-electron chi connectivity index (χ4n) is 0.926. The highest BCUT2D eigenvalue weighted by Crippen LogP contribution is 2.30. The summed E-state index contributed by atoms with van der Waals surface area (Å²) in [5.74, 6) is -1.04. The molecule has 1 rings (SSSR count). The predicted molar refractivity (Wildman–Crippen MR) is 49.2 cm³/mol. The van der Waals surface area contributed by atoms with Gasteiger partial charge in [0, 0.05) is 0 Å². The average molecular weight is 248 g/mol. The molecular formula is C8H7BrFNO2. The molecule has 0 saturated carbocycles. The van der Waals surface area contributed by atoms with E-state index in [-0.39, 0.29) is 15.8 Å². The normalized spacial score (nSPS) is 9.77. The number of hydrogen-bond donors (Lipinski definition) is 1. The van der Waals surface area contributed by atoms with Crippen LogP contribution < -0.4 is 10.5 Å². The Morgan fingerprint density at radius 1 is 1.62 bits per heavy atom. The van der Waals surface area contributed by atoms with E-state index in [0.29, 0.717) is 0 Å². The fourth-order valence-corrected chi connectivity index (χ4v) is 1.43. The molecule has 0 aliphatic heterocycles. The molecule has 0 unspecified atom stereocenters. The van der Waals surface area contributed by atoms with Crippen LogP contribution in [0.4, 0.5) is 4.39 Å². The van der Waals surface area contributed by atoms with E-state index >= 15 is 0 Å². The van der Waals surface area contributed by atoms with Gasteiger partial charge in [-0.2, -0.15) is 0 Å². The monoisotopic (exact) mass is 247 g/mol. The largest absolute Gasteiger partial charge is 0.495 e. The molecule has 70 valence electrons. The highest BCUT2D eigenvalue weighted by molar-refractivity contribution is 9.10. The number of rotatable bonds is 2. The Morgan fingerprint density at radius 3 is 2.69 bits per heavy atom. The number of nitrogens with two attached hydrogens (primary N) is 1. The minimum Gasteiger partial charge on any atom is -0.495 e. The third-order valence-corrected chi connectivity index (χ3v) is 2.26. The summed E-state index contributed by atoms with van der Waals surface area (Å²) in [6, 6.07) is 2.42. The summed E-state index contributed by atoms with van der Waals surface area (Å²) < 4.78 is 17.9. The lowest BCUT2D eigenvalue weighted by molar-refractivity contribution is 0.0997. The van der Waals surface area contributed by atoms with Crippen LogP contribution in [0.1, 0.15) is 10.4 Å². The molecule has 0 heterocycles. The van der Waals surface area contributed by atoms with Crippen LogP contribution in [0.5, 0.6) is 5.75 Å². The van der Waals surface area contributed by atoms with Gasteiger partial charge in [-0.3, -0.25) is 4.79 Å².